The molecule has 1 aliphatic heterocycles. The van der Waals surface area contributed by atoms with E-state index in [9.17, 15) is 4.79 Å². The van der Waals surface area contributed by atoms with E-state index in [1.807, 2.05) is 46.0 Å². The van der Waals surface area contributed by atoms with E-state index >= 15 is 0 Å². The van der Waals surface area contributed by atoms with E-state index in [-0.39, 0.29) is 5.91 Å². The summed E-state index contributed by atoms with van der Waals surface area (Å²) in [4.78, 5) is 18.3. The fraction of sp³-hybridized carbons (Fsp3) is 0.250. The fourth-order valence-electron chi connectivity index (χ4n) is 2.46. The first kappa shape index (κ1) is 12.7. The van der Waals surface area contributed by atoms with Crippen molar-refractivity contribution in [3.8, 4) is 0 Å². The van der Waals surface area contributed by atoms with Gasteiger partial charge in [0, 0.05) is 31.6 Å². The van der Waals surface area contributed by atoms with Crippen LogP contribution in [-0.2, 0) is 4.79 Å². The molecule has 0 saturated carbocycles. The molecule has 1 fully saturated rings. The van der Waals surface area contributed by atoms with Crippen LogP contribution in [0, 0.1) is 0 Å². The Morgan fingerprint density at radius 1 is 1.15 bits per heavy atom. The lowest BCUT2D eigenvalue weighted by Crippen LogP contribution is -2.26. The summed E-state index contributed by atoms with van der Waals surface area (Å²) in [5.41, 5.74) is 1.87. The molecular weight excluding hydrogens is 250 g/mol. The van der Waals surface area contributed by atoms with Crippen molar-refractivity contribution in [2.24, 2.45) is 0 Å². The summed E-state index contributed by atoms with van der Waals surface area (Å²) in [6.45, 7) is 1.72. The average molecular weight is 267 g/mol. The van der Waals surface area contributed by atoms with Crippen molar-refractivity contribution in [2.45, 2.75) is 12.8 Å². The second kappa shape index (κ2) is 5.74. The maximum absolute atomic E-state index is 12.3. The van der Waals surface area contributed by atoms with E-state index in [1.54, 1.807) is 18.6 Å². The molecular formula is C16H17N3O. The third-order valence-electron chi connectivity index (χ3n) is 3.53. The lowest BCUT2D eigenvalue weighted by Gasteiger charge is -2.15. The number of hydrogen-bond acceptors (Lipinski definition) is 2. The molecule has 2 heterocycles. The van der Waals surface area contributed by atoms with Gasteiger partial charge in [-0.15, -0.1) is 0 Å². The molecule has 0 N–H and O–H groups in total. The molecule has 0 spiro atoms. The summed E-state index contributed by atoms with van der Waals surface area (Å²) in [5, 5.41) is 0. The Bertz CT molecular complexity index is 596. The molecule has 4 heteroatoms. The highest BCUT2D eigenvalue weighted by atomic mass is 16.2. The largest absolute Gasteiger partial charge is 0.339 e. The van der Waals surface area contributed by atoms with Gasteiger partial charge in [-0.05, 0) is 18.4 Å². The topological polar surface area (TPSA) is 38.1 Å². The van der Waals surface area contributed by atoms with Gasteiger partial charge in [0.2, 0.25) is 5.91 Å². The van der Waals surface area contributed by atoms with Gasteiger partial charge in [-0.1, -0.05) is 30.3 Å². The fourth-order valence-corrected chi connectivity index (χ4v) is 2.46. The van der Waals surface area contributed by atoms with Gasteiger partial charge in [0.25, 0.3) is 0 Å². The van der Waals surface area contributed by atoms with Gasteiger partial charge < -0.3 is 9.47 Å². The normalized spacial score (nSPS) is 15.6. The van der Waals surface area contributed by atoms with Crippen molar-refractivity contribution in [1.82, 2.24) is 14.5 Å². The molecule has 0 unspecified atom stereocenters. The van der Waals surface area contributed by atoms with Crippen LogP contribution in [-0.4, -0.2) is 33.4 Å². The van der Waals surface area contributed by atoms with Crippen LogP contribution in [0.4, 0.5) is 0 Å². The third-order valence-corrected chi connectivity index (χ3v) is 3.53. The highest BCUT2D eigenvalue weighted by molar-refractivity contribution is 5.95. The predicted molar refractivity (Wildman–Crippen MR) is 77.9 cm³/mol. The number of amides is 1. The van der Waals surface area contributed by atoms with E-state index in [2.05, 4.69) is 4.98 Å². The van der Waals surface area contributed by atoms with Crippen LogP contribution in [0.1, 0.15) is 18.4 Å². The first-order valence-corrected chi connectivity index (χ1v) is 6.89. The summed E-state index contributed by atoms with van der Waals surface area (Å²) in [5.74, 6) is 0.0788. The van der Waals surface area contributed by atoms with E-state index in [1.165, 1.54) is 0 Å². The first-order valence-electron chi connectivity index (χ1n) is 6.89. The number of likely N-dealkylation sites (tertiary alicyclic amines) is 1. The maximum atomic E-state index is 12.3. The minimum Gasteiger partial charge on any atom is -0.339 e. The molecule has 102 valence electrons. The lowest BCUT2D eigenvalue weighted by molar-refractivity contribution is -0.124. The molecule has 1 aliphatic rings. The Kier molecular flexibility index (Phi) is 3.63. The summed E-state index contributed by atoms with van der Waals surface area (Å²) in [6.07, 6.45) is 9.21. The molecule has 0 aliphatic carbocycles. The van der Waals surface area contributed by atoms with Crippen molar-refractivity contribution >= 4 is 11.6 Å². The van der Waals surface area contributed by atoms with Gasteiger partial charge in [0.1, 0.15) is 0 Å². The van der Waals surface area contributed by atoms with Crippen molar-refractivity contribution in [3.63, 3.8) is 0 Å². The second-order valence-corrected chi connectivity index (χ2v) is 4.90. The number of rotatable bonds is 3. The third kappa shape index (κ3) is 2.64. The highest BCUT2D eigenvalue weighted by Crippen LogP contribution is 2.18. The second-order valence-electron chi connectivity index (χ2n) is 4.90. The van der Waals surface area contributed by atoms with E-state index in [4.69, 9.17) is 0 Å². The molecule has 3 rings (SSSR count). The zero-order chi connectivity index (χ0) is 13.8. The molecule has 1 saturated heterocycles. The maximum Gasteiger partial charge on any atom is 0.248 e. The van der Waals surface area contributed by atoms with E-state index in [0.29, 0.717) is 0 Å². The molecule has 1 aromatic carbocycles. The van der Waals surface area contributed by atoms with Crippen molar-refractivity contribution < 1.29 is 4.79 Å². The monoisotopic (exact) mass is 267 g/mol. The Morgan fingerprint density at radius 2 is 1.90 bits per heavy atom. The molecule has 20 heavy (non-hydrogen) atoms. The molecule has 2 aromatic rings. The molecule has 0 atom stereocenters. The Hall–Kier alpha value is -2.36. The summed E-state index contributed by atoms with van der Waals surface area (Å²) < 4.78 is 1.88. The standard InChI is InChI=1S/C16H17N3O/c20-16(18-9-4-5-10-18)12-15(19-11-8-17-13-19)14-6-2-1-3-7-14/h1-3,6-8,11-13H,4-5,9-10H2/b15-12-. The van der Waals surface area contributed by atoms with Gasteiger partial charge in [0.05, 0.1) is 12.0 Å². The molecule has 0 bridgehead atoms. The number of carbonyl (C=O) groups is 1. The number of carbonyl (C=O) groups excluding carboxylic acids is 1. The zero-order valence-corrected chi connectivity index (χ0v) is 11.3. The van der Waals surface area contributed by atoms with Crippen molar-refractivity contribution in [3.05, 3.63) is 60.7 Å². The molecule has 4 nitrogen and oxygen atoms in total. The van der Waals surface area contributed by atoms with Gasteiger partial charge in [-0.3, -0.25) is 4.79 Å². The number of nitrogens with zero attached hydrogens (tertiary/aromatic N) is 3. The predicted octanol–water partition coefficient (Wildman–Crippen LogP) is 2.39. The summed E-state index contributed by atoms with van der Waals surface area (Å²) in [7, 11) is 0. The van der Waals surface area contributed by atoms with Crippen LogP contribution in [0.2, 0.25) is 0 Å². The smallest absolute Gasteiger partial charge is 0.248 e. The van der Waals surface area contributed by atoms with Crippen LogP contribution in [0.15, 0.2) is 55.1 Å². The Balaban J connectivity index is 1.95. The van der Waals surface area contributed by atoms with Crippen LogP contribution < -0.4 is 0 Å². The van der Waals surface area contributed by atoms with Gasteiger partial charge in [0.15, 0.2) is 0 Å². The van der Waals surface area contributed by atoms with Crippen molar-refractivity contribution in [2.75, 3.05) is 13.1 Å². The molecule has 0 radical (unpaired) electrons. The molecule has 1 amide bonds. The first-order chi connectivity index (χ1) is 9.84. The Morgan fingerprint density at radius 3 is 2.55 bits per heavy atom. The van der Waals surface area contributed by atoms with Gasteiger partial charge in [-0.25, -0.2) is 4.98 Å². The van der Waals surface area contributed by atoms with Crippen LogP contribution >= 0.6 is 0 Å². The highest BCUT2D eigenvalue weighted by Gasteiger charge is 2.17. The minimum absolute atomic E-state index is 0.0788. The van der Waals surface area contributed by atoms with Gasteiger partial charge in [-0.2, -0.15) is 0 Å². The minimum atomic E-state index is 0.0788. The quantitative estimate of drug-likeness (QED) is 0.801. The number of aromatic nitrogens is 2. The number of imidazole rings is 1. The molecule has 1 aromatic heterocycles. The van der Waals surface area contributed by atoms with Crippen LogP contribution in [0.3, 0.4) is 0 Å². The number of hydrogen-bond donors (Lipinski definition) is 0. The van der Waals surface area contributed by atoms with Crippen LogP contribution in [0.5, 0.6) is 0 Å². The van der Waals surface area contributed by atoms with Crippen LogP contribution in [0.25, 0.3) is 5.70 Å². The van der Waals surface area contributed by atoms with Gasteiger partial charge >= 0.3 is 0 Å². The van der Waals surface area contributed by atoms with E-state index < -0.39 is 0 Å². The van der Waals surface area contributed by atoms with Crippen molar-refractivity contribution in [1.29, 1.82) is 0 Å². The summed E-state index contributed by atoms with van der Waals surface area (Å²) >= 11 is 0. The van der Waals surface area contributed by atoms with E-state index in [0.717, 1.165) is 37.2 Å². The zero-order valence-electron chi connectivity index (χ0n) is 11.3. The lowest BCUT2D eigenvalue weighted by atomic mass is 10.1. The summed E-state index contributed by atoms with van der Waals surface area (Å²) in [6, 6.07) is 9.92. The SMILES string of the molecule is O=C(/C=C(/c1ccccc1)n1ccnc1)N1CCCC1. The number of benzene rings is 1. The average Bonchev–Trinajstić information content (AvgIpc) is 3.18. The Labute approximate surface area is 118 Å².